The number of thiocarbonyl (C=S) groups is 1. The van der Waals surface area contributed by atoms with Gasteiger partial charge >= 0.3 is 0 Å². The van der Waals surface area contributed by atoms with Gasteiger partial charge in [-0.1, -0.05) is 23.8 Å². The summed E-state index contributed by atoms with van der Waals surface area (Å²) in [5.41, 5.74) is 10.5. The molecule has 6 nitrogen and oxygen atoms in total. The van der Waals surface area contributed by atoms with E-state index < -0.39 is 0 Å². The van der Waals surface area contributed by atoms with Crippen LogP contribution < -0.4 is 19.7 Å². The van der Waals surface area contributed by atoms with E-state index in [-0.39, 0.29) is 12.1 Å². The van der Waals surface area contributed by atoms with Crippen molar-refractivity contribution in [2.75, 3.05) is 12.0 Å². The quantitative estimate of drug-likeness (QED) is 0.193. The lowest BCUT2D eigenvalue weighted by Crippen LogP contribution is -2.29. The van der Waals surface area contributed by atoms with Crippen LogP contribution in [-0.4, -0.2) is 21.8 Å². The summed E-state index contributed by atoms with van der Waals surface area (Å²) in [6.45, 7) is 10.9. The summed E-state index contributed by atoms with van der Waals surface area (Å²) in [5, 5.41) is 4.26. The molecule has 2 atom stereocenters. The Balaban J connectivity index is 1.41. The maximum absolute atomic E-state index is 6.11. The van der Waals surface area contributed by atoms with E-state index in [1.807, 2.05) is 54.7 Å². The van der Waals surface area contributed by atoms with Crippen LogP contribution in [0, 0.1) is 34.6 Å². The third-order valence-electron chi connectivity index (χ3n) is 8.16. The highest BCUT2D eigenvalue weighted by molar-refractivity contribution is 7.80. The monoisotopic (exact) mass is 588 g/mol. The minimum atomic E-state index is -0.127. The number of methoxy groups -OCH3 is 1. The zero-order valence-electron chi connectivity index (χ0n) is 25.4. The van der Waals surface area contributed by atoms with E-state index in [4.69, 9.17) is 26.7 Å². The lowest BCUT2D eigenvalue weighted by Gasteiger charge is -2.28. The molecule has 3 heterocycles. The number of nitrogens with zero attached hydrogens (tertiary/aromatic N) is 3. The standard InChI is InChI=1S/C36H36N4O2S/c1-22-19-23(2)34(24(3)20-22)39-25(4)21-31(26(39)5)35-33(32-9-7-8-18-37-32)38-36(43)40(35)27-10-12-29(13-11-27)42-30-16-14-28(41-6)15-17-30/h7-21,33,35H,1-6H3,(H,38,43)/t33-,35+/m0/s1. The van der Waals surface area contributed by atoms with Crippen molar-refractivity contribution >= 4 is 23.0 Å². The summed E-state index contributed by atoms with van der Waals surface area (Å²) >= 11 is 6.01. The molecule has 218 valence electrons. The molecule has 0 spiro atoms. The van der Waals surface area contributed by atoms with Gasteiger partial charge in [-0.25, -0.2) is 0 Å². The Kier molecular flexibility index (Phi) is 7.67. The number of nitrogens with one attached hydrogen (secondary N) is 1. The van der Waals surface area contributed by atoms with Crippen molar-refractivity contribution in [1.29, 1.82) is 0 Å². The number of hydrogen-bond acceptors (Lipinski definition) is 4. The number of aryl methyl sites for hydroxylation is 4. The van der Waals surface area contributed by atoms with E-state index in [1.165, 1.54) is 39.3 Å². The molecule has 1 aliphatic rings. The third kappa shape index (κ3) is 5.37. The van der Waals surface area contributed by atoms with Gasteiger partial charge in [0.1, 0.15) is 17.2 Å². The molecule has 1 saturated heterocycles. The number of anilines is 1. The van der Waals surface area contributed by atoms with Crippen LogP contribution in [0.15, 0.2) is 91.1 Å². The minimum Gasteiger partial charge on any atom is -0.497 e. The number of rotatable bonds is 7. The van der Waals surface area contributed by atoms with E-state index in [0.717, 1.165) is 28.6 Å². The predicted molar refractivity (Wildman–Crippen MR) is 177 cm³/mol. The molecule has 0 unspecified atom stereocenters. The summed E-state index contributed by atoms with van der Waals surface area (Å²) in [6, 6.07) is 28.3. The SMILES string of the molecule is COc1ccc(Oc2ccc(N3C(=S)N[C@@H](c4ccccn4)[C@H]3c3cc(C)n(-c4c(C)cc(C)cc4C)c3C)cc2)cc1. The van der Waals surface area contributed by atoms with Gasteiger partial charge in [-0.3, -0.25) is 4.98 Å². The first kappa shape index (κ1) is 28.5. The Hall–Kier alpha value is -4.62. The smallest absolute Gasteiger partial charge is 0.174 e. The normalized spacial score (nSPS) is 16.3. The molecular formula is C36H36N4O2S. The molecule has 7 heteroatoms. The van der Waals surface area contributed by atoms with Crippen LogP contribution in [0.4, 0.5) is 5.69 Å². The van der Waals surface area contributed by atoms with Crippen molar-refractivity contribution in [1.82, 2.24) is 14.9 Å². The fourth-order valence-electron chi connectivity index (χ4n) is 6.36. The average Bonchev–Trinajstić information content (AvgIpc) is 3.49. The molecule has 0 bridgehead atoms. The molecule has 0 saturated carbocycles. The molecule has 0 amide bonds. The van der Waals surface area contributed by atoms with Gasteiger partial charge < -0.3 is 24.3 Å². The molecule has 1 fully saturated rings. The molecule has 5 aromatic rings. The van der Waals surface area contributed by atoms with Crippen molar-refractivity contribution in [3.8, 4) is 22.9 Å². The van der Waals surface area contributed by atoms with Crippen molar-refractivity contribution in [3.05, 3.63) is 130 Å². The summed E-state index contributed by atoms with van der Waals surface area (Å²) in [4.78, 5) is 6.96. The number of hydrogen-bond donors (Lipinski definition) is 1. The minimum absolute atomic E-state index is 0.109. The molecule has 0 radical (unpaired) electrons. The van der Waals surface area contributed by atoms with E-state index in [2.05, 4.69) is 85.8 Å². The van der Waals surface area contributed by atoms with Crippen LogP contribution in [0.1, 0.15) is 51.4 Å². The van der Waals surface area contributed by atoms with Gasteiger partial charge in [0.25, 0.3) is 0 Å². The van der Waals surface area contributed by atoms with Crippen LogP contribution in [0.2, 0.25) is 0 Å². The van der Waals surface area contributed by atoms with Crippen LogP contribution in [0.25, 0.3) is 5.69 Å². The predicted octanol–water partition coefficient (Wildman–Crippen LogP) is 8.39. The van der Waals surface area contributed by atoms with E-state index in [0.29, 0.717) is 5.11 Å². The first-order valence-corrected chi connectivity index (χ1v) is 14.9. The van der Waals surface area contributed by atoms with Gasteiger partial charge in [0.15, 0.2) is 5.11 Å². The Morgan fingerprint density at radius 2 is 1.42 bits per heavy atom. The topological polar surface area (TPSA) is 51.6 Å². The molecule has 6 rings (SSSR count). The Morgan fingerprint density at radius 3 is 2.02 bits per heavy atom. The van der Waals surface area contributed by atoms with Crippen molar-refractivity contribution in [2.45, 2.75) is 46.7 Å². The zero-order valence-corrected chi connectivity index (χ0v) is 26.2. The van der Waals surface area contributed by atoms with Gasteiger partial charge in [-0.2, -0.15) is 0 Å². The number of aromatic nitrogens is 2. The number of pyridine rings is 1. The van der Waals surface area contributed by atoms with Gasteiger partial charge in [0.2, 0.25) is 0 Å². The zero-order chi connectivity index (χ0) is 30.2. The van der Waals surface area contributed by atoms with Gasteiger partial charge in [0, 0.05) is 23.3 Å². The van der Waals surface area contributed by atoms with E-state index >= 15 is 0 Å². The van der Waals surface area contributed by atoms with Crippen molar-refractivity contribution < 1.29 is 9.47 Å². The summed E-state index contributed by atoms with van der Waals surface area (Å²) in [7, 11) is 1.65. The number of ether oxygens (including phenoxy) is 2. The number of benzene rings is 3. The van der Waals surface area contributed by atoms with Crippen LogP contribution in [-0.2, 0) is 0 Å². The van der Waals surface area contributed by atoms with Crippen LogP contribution in [0.3, 0.4) is 0 Å². The van der Waals surface area contributed by atoms with Gasteiger partial charge in [-0.05, 0) is 130 Å². The molecule has 1 N–H and O–H groups in total. The van der Waals surface area contributed by atoms with Crippen LogP contribution in [0.5, 0.6) is 17.2 Å². The van der Waals surface area contributed by atoms with Crippen molar-refractivity contribution in [3.63, 3.8) is 0 Å². The first-order chi connectivity index (χ1) is 20.7. The molecule has 1 aliphatic heterocycles. The molecule has 2 aromatic heterocycles. The van der Waals surface area contributed by atoms with E-state index in [1.54, 1.807) is 7.11 Å². The largest absolute Gasteiger partial charge is 0.497 e. The second-order valence-electron chi connectivity index (χ2n) is 11.2. The van der Waals surface area contributed by atoms with Crippen molar-refractivity contribution in [2.24, 2.45) is 0 Å². The van der Waals surface area contributed by atoms with E-state index in [9.17, 15) is 0 Å². The van der Waals surface area contributed by atoms with Gasteiger partial charge in [0.05, 0.1) is 30.6 Å². The fourth-order valence-corrected chi connectivity index (χ4v) is 6.71. The second kappa shape index (κ2) is 11.6. The Bertz CT molecular complexity index is 1760. The summed E-state index contributed by atoms with van der Waals surface area (Å²) < 4.78 is 13.8. The molecule has 0 aliphatic carbocycles. The highest BCUT2D eigenvalue weighted by atomic mass is 32.1. The van der Waals surface area contributed by atoms with Crippen LogP contribution >= 0.6 is 12.2 Å². The Morgan fingerprint density at radius 1 is 0.791 bits per heavy atom. The highest BCUT2D eigenvalue weighted by Gasteiger charge is 2.42. The summed E-state index contributed by atoms with van der Waals surface area (Å²) in [5.74, 6) is 2.28. The second-order valence-corrected chi connectivity index (χ2v) is 11.6. The lowest BCUT2D eigenvalue weighted by atomic mass is 9.96. The van der Waals surface area contributed by atoms with Gasteiger partial charge in [-0.15, -0.1) is 0 Å². The Labute approximate surface area is 258 Å². The maximum Gasteiger partial charge on any atom is 0.174 e. The molecule has 3 aromatic carbocycles. The first-order valence-electron chi connectivity index (χ1n) is 14.4. The maximum atomic E-state index is 6.11. The lowest BCUT2D eigenvalue weighted by molar-refractivity contribution is 0.413. The third-order valence-corrected chi connectivity index (χ3v) is 8.47. The average molecular weight is 589 g/mol. The highest BCUT2D eigenvalue weighted by Crippen LogP contribution is 2.44. The summed E-state index contributed by atoms with van der Waals surface area (Å²) in [6.07, 6.45) is 1.84. The molecule has 43 heavy (non-hydrogen) atoms. The fraction of sp³-hybridized carbons (Fsp3) is 0.222. The molecular weight excluding hydrogens is 552 g/mol.